The van der Waals surface area contributed by atoms with Crippen molar-refractivity contribution in [3.8, 4) is 5.75 Å². The summed E-state index contributed by atoms with van der Waals surface area (Å²) in [4.78, 5) is 23.2. The van der Waals surface area contributed by atoms with Crippen molar-refractivity contribution in [2.45, 2.75) is 6.54 Å². The van der Waals surface area contributed by atoms with Crippen LogP contribution in [0.5, 0.6) is 5.75 Å². The van der Waals surface area contributed by atoms with Gasteiger partial charge in [0.25, 0.3) is 5.91 Å². The minimum absolute atomic E-state index is 0.213. The van der Waals surface area contributed by atoms with Gasteiger partial charge >= 0.3 is 0 Å². The second-order valence-corrected chi connectivity index (χ2v) is 7.58. The van der Waals surface area contributed by atoms with Gasteiger partial charge in [-0.25, -0.2) is 9.37 Å². The van der Waals surface area contributed by atoms with Crippen LogP contribution in [-0.4, -0.2) is 22.5 Å². The summed E-state index contributed by atoms with van der Waals surface area (Å²) < 4.78 is 19.5. The molecule has 0 saturated heterocycles. The molecule has 2 aromatic heterocycles. The Hall–Kier alpha value is -3.03. The van der Waals surface area contributed by atoms with Gasteiger partial charge in [0, 0.05) is 12.4 Å². The number of fused-ring (bicyclic) bond motifs is 1. The minimum atomic E-state index is -0.367. The molecule has 1 amide bonds. The van der Waals surface area contributed by atoms with Gasteiger partial charge in [0.1, 0.15) is 17.1 Å². The van der Waals surface area contributed by atoms with Crippen molar-refractivity contribution in [3.05, 3.63) is 83.4 Å². The number of thiazole rings is 1. The Morgan fingerprint density at radius 2 is 1.97 bits per heavy atom. The first kappa shape index (κ1) is 19.3. The predicted octanol–water partition coefficient (Wildman–Crippen LogP) is 5.10. The molecule has 8 heteroatoms. The number of anilines is 1. The topological polar surface area (TPSA) is 55.3 Å². The lowest BCUT2D eigenvalue weighted by molar-refractivity contribution is -0.120. The number of hydrogen-bond donors (Lipinski definition) is 0. The number of rotatable bonds is 6. The summed E-state index contributed by atoms with van der Waals surface area (Å²) in [6.07, 6.45) is 3.37. The van der Waals surface area contributed by atoms with Crippen LogP contribution in [0.25, 0.3) is 10.2 Å². The molecule has 0 N–H and O–H groups in total. The van der Waals surface area contributed by atoms with Crippen LogP contribution in [0, 0.1) is 5.82 Å². The van der Waals surface area contributed by atoms with Crippen molar-refractivity contribution in [3.63, 3.8) is 0 Å². The summed E-state index contributed by atoms with van der Waals surface area (Å²) in [6, 6.07) is 14.7. The molecule has 0 spiro atoms. The molecule has 0 fully saturated rings. The maximum atomic E-state index is 13.1. The van der Waals surface area contributed by atoms with Crippen LogP contribution in [-0.2, 0) is 11.3 Å². The first-order valence-corrected chi connectivity index (χ1v) is 9.92. The number of aromatic nitrogens is 2. The molecule has 0 unspecified atom stereocenters. The number of hydrogen-bond acceptors (Lipinski definition) is 5. The fourth-order valence-corrected chi connectivity index (χ4v) is 3.99. The molecule has 0 aliphatic rings. The van der Waals surface area contributed by atoms with E-state index in [1.165, 1.54) is 35.6 Å². The molecule has 0 bridgehead atoms. The standard InChI is InChI=1S/C21H15ClFN3O2S/c22-17-4-1-5-18-20(17)25-21(29-18)26(12-14-3-2-10-24-11-14)19(27)13-28-16-8-6-15(23)7-9-16/h1-11H,12-13H2. The predicted molar refractivity (Wildman–Crippen MR) is 112 cm³/mol. The quantitative estimate of drug-likeness (QED) is 0.429. The number of para-hydroxylation sites is 1. The molecular weight excluding hydrogens is 413 g/mol. The van der Waals surface area contributed by atoms with E-state index in [2.05, 4.69) is 9.97 Å². The summed E-state index contributed by atoms with van der Waals surface area (Å²) in [7, 11) is 0. The molecular formula is C21H15ClFN3O2S. The third-order valence-corrected chi connectivity index (χ3v) is 5.48. The Morgan fingerprint density at radius 1 is 1.14 bits per heavy atom. The van der Waals surface area contributed by atoms with Gasteiger partial charge in [-0.05, 0) is 48.0 Å². The smallest absolute Gasteiger partial charge is 0.267 e. The average molecular weight is 428 g/mol. The summed E-state index contributed by atoms with van der Waals surface area (Å²) in [5.74, 6) is -0.241. The first-order chi connectivity index (χ1) is 14.1. The Balaban J connectivity index is 1.60. The number of ether oxygens (including phenoxy) is 1. The second-order valence-electron chi connectivity index (χ2n) is 6.17. The van der Waals surface area contributed by atoms with Crippen molar-refractivity contribution in [2.24, 2.45) is 0 Å². The monoisotopic (exact) mass is 427 g/mol. The van der Waals surface area contributed by atoms with Gasteiger partial charge < -0.3 is 4.74 Å². The van der Waals surface area contributed by atoms with Crippen molar-refractivity contribution < 1.29 is 13.9 Å². The highest BCUT2D eigenvalue weighted by Crippen LogP contribution is 2.33. The Bertz CT molecular complexity index is 1140. The van der Waals surface area contributed by atoms with Crippen LogP contribution in [0.4, 0.5) is 9.52 Å². The zero-order valence-corrected chi connectivity index (χ0v) is 16.7. The van der Waals surface area contributed by atoms with Gasteiger partial charge in [-0.2, -0.15) is 0 Å². The molecule has 146 valence electrons. The molecule has 0 atom stereocenters. The summed E-state index contributed by atoms with van der Waals surface area (Å²) in [5, 5.41) is 1.05. The van der Waals surface area contributed by atoms with E-state index < -0.39 is 0 Å². The second kappa shape index (κ2) is 8.55. The third-order valence-electron chi connectivity index (χ3n) is 4.13. The molecule has 2 heterocycles. The molecule has 0 aliphatic heterocycles. The lowest BCUT2D eigenvalue weighted by atomic mass is 10.2. The average Bonchev–Trinajstić information content (AvgIpc) is 3.17. The highest BCUT2D eigenvalue weighted by Gasteiger charge is 2.21. The fourth-order valence-electron chi connectivity index (χ4n) is 2.71. The summed E-state index contributed by atoms with van der Waals surface area (Å²) in [5.41, 5.74) is 1.51. The molecule has 0 radical (unpaired) electrons. The summed E-state index contributed by atoms with van der Waals surface area (Å²) >= 11 is 7.62. The number of pyridine rings is 1. The number of amides is 1. The van der Waals surface area contributed by atoms with Gasteiger partial charge in [-0.3, -0.25) is 14.7 Å². The van der Waals surface area contributed by atoms with E-state index in [4.69, 9.17) is 16.3 Å². The Labute approximate surface area is 175 Å². The molecule has 5 nitrogen and oxygen atoms in total. The van der Waals surface area contributed by atoms with Crippen molar-refractivity contribution in [1.29, 1.82) is 0 Å². The molecule has 4 aromatic rings. The van der Waals surface area contributed by atoms with Crippen LogP contribution in [0.15, 0.2) is 67.0 Å². The number of benzene rings is 2. The van der Waals surface area contributed by atoms with E-state index in [0.29, 0.717) is 21.4 Å². The summed E-state index contributed by atoms with van der Waals surface area (Å²) in [6.45, 7) is 0.0758. The van der Waals surface area contributed by atoms with E-state index in [0.717, 1.165) is 10.3 Å². The Morgan fingerprint density at radius 3 is 2.69 bits per heavy atom. The highest BCUT2D eigenvalue weighted by molar-refractivity contribution is 7.22. The zero-order chi connectivity index (χ0) is 20.2. The van der Waals surface area contributed by atoms with Crippen LogP contribution in [0.2, 0.25) is 5.02 Å². The van der Waals surface area contributed by atoms with Crippen LogP contribution in [0.1, 0.15) is 5.56 Å². The highest BCUT2D eigenvalue weighted by atomic mass is 35.5. The molecule has 4 rings (SSSR count). The molecule has 29 heavy (non-hydrogen) atoms. The van der Waals surface area contributed by atoms with Crippen LogP contribution < -0.4 is 9.64 Å². The first-order valence-electron chi connectivity index (χ1n) is 8.73. The molecule has 0 saturated carbocycles. The lowest BCUT2D eigenvalue weighted by Gasteiger charge is -2.20. The van der Waals surface area contributed by atoms with Crippen molar-refractivity contribution in [1.82, 2.24) is 9.97 Å². The van der Waals surface area contributed by atoms with E-state index >= 15 is 0 Å². The zero-order valence-electron chi connectivity index (χ0n) is 15.1. The number of carbonyl (C=O) groups excluding carboxylic acids is 1. The number of carbonyl (C=O) groups is 1. The molecule has 2 aromatic carbocycles. The van der Waals surface area contributed by atoms with E-state index in [1.807, 2.05) is 24.3 Å². The van der Waals surface area contributed by atoms with Gasteiger partial charge in [0.15, 0.2) is 11.7 Å². The van der Waals surface area contributed by atoms with Gasteiger partial charge in [-0.15, -0.1) is 0 Å². The SMILES string of the molecule is O=C(COc1ccc(F)cc1)N(Cc1cccnc1)c1nc2c(Cl)cccc2s1. The van der Waals surface area contributed by atoms with E-state index in [1.54, 1.807) is 23.4 Å². The van der Waals surface area contributed by atoms with E-state index in [9.17, 15) is 9.18 Å². The van der Waals surface area contributed by atoms with E-state index in [-0.39, 0.29) is 24.9 Å². The lowest BCUT2D eigenvalue weighted by Crippen LogP contribution is -2.34. The van der Waals surface area contributed by atoms with Crippen molar-refractivity contribution >= 4 is 44.2 Å². The van der Waals surface area contributed by atoms with Crippen molar-refractivity contribution in [2.75, 3.05) is 11.5 Å². The van der Waals surface area contributed by atoms with Gasteiger partial charge in [0.2, 0.25) is 0 Å². The number of nitrogens with zero attached hydrogens (tertiary/aromatic N) is 3. The van der Waals surface area contributed by atoms with Gasteiger partial charge in [0.05, 0.1) is 16.3 Å². The Kier molecular flexibility index (Phi) is 5.69. The fraction of sp³-hybridized carbons (Fsp3) is 0.0952. The third kappa shape index (κ3) is 4.52. The number of halogens is 2. The maximum Gasteiger partial charge on any atom is 0.267 e. The normalized spacial score (nSPS) is 10.8. The van der Waals surface area contributed by atoms with Crippen LogP contribution >= 0.6 is 22.9 Å². The minimum Gasteiger partial charge on any atom is -0.484 e. The maximum absolute atomic E-state index is 13.1. The van der Waals surface area contributed by atoms with Crippen LogP contribution in [0.3, 0.4) is 0 Å². The largest absolute Gasteiger partial charge is 0.484 e. The molecule has 0 aliphatic carbocycles. The van der Waals surface area contributed by atoms with Gasteiger partial charge in [-0.1, -0.05) is 35.1 Å².